The summed E-state index contributed by atoms with van der Waals surface area (Å²) in [5.74, 6) is 1.65. The summed E-state index contributed by atoms with van der Waals surface area (Å²) in [6.07, 6.45) is 3.03. The van der Waals surface area contributed by atoms with Crippen molar-refractivity contribution in [3.05, 3.63) is 66.2 Å². The molecule has 0 saturated carbocycles. The minimum absolute atomic E-state index is 0.0199. The van der Waals surface area contributed by atoms with Crippen LogP contribution in [0.15, 0.2) is 60.7 Å². The number of benzene rings is 3. The molecule has 1 amide bonds. The van der Waals surface area contributed by atoms with Crippen LogP contribution in [0.1, 0.15) is 30.9 Å². The van der Waals surface area contributed by atoms with E-state index in [2.05, 4.69) is 34.5 Å². The lowest BCUT2D eigenvalue weighted by atomic mass is 10.0. The van der Waals surface area contributed by atoms with E-state index in [0.29, 0.717) is 19.8 Å². The predicted octanol–water partition coefficient (Wildman–Crippen LogP) is 4.78. The molecular formula is C25H26N2O3. The van der Waals surface area contributed by atoms with Crippen molar-refractivity contribution in [1.29, 1.82) is 0 Å². The second-order valence-corrected chi connectivity index (χ2v) is 8.00. The number of carbonyl (C=O) groups is 1. The summed E-state index contributed by atoms with van der Waals surface area (Å²) < 4.78 is 11.6. The maximum atomic E-state index is 12.8. The highest BCUT2D eigenvalue weighted by atomic mass is 16.5. The van der Waals surface area contributed by atoms with Gasteiger partial charge in [-0.25, -0.2) is 0 Å². The number of nitrogens with zero attached hydrogens (tertiary/aromatic N) is 1. The lowest BCUT2D eigenvalue weighted by Crippen LogP contribution is -2.32. The Balaban J connectivity index is 1.28. The monoisotopic (exact) mass is 402 g/mol. The molecular weight excluding hydrogens is 376 g/mol. The van der Waals surface area contributed by atoms with E-state index in [1.54, 1.807) is 0 Å². The number of carbonyl (C=O) groups excluding carboxylic acids is 1. The van der Waals surface area contributed by atoms with Crippen molar-refractivity contribution in [2.75, 3.05) is 31.6 Å². The predicted molar refractivity (Wildman–Crippen MR) is 118 cm³/mol. The number of amides is 1. The average molecular weight is 402 g/mol. The molecule has 3 aromatic carbocycles. The number of likely N-dealkylation sites (tertiary alicyclic amines) is 1. The molecule has 2 aliphatic heterocycles. The number of ether oxygens (including phenoxy) is 2. The van der Waals surface area contributed by atoms with Gasteiger partial charge < -0.3 is 14.8 Å². The SMILES string of the molecule is O=C(CN1CCC[C@H]1c1ccc2c(c1)OCCCO2)Nc1ccc2ccccc2c1. The van der Waals surface area contributed by atoms with Crippen molar-refractivity contribution in [3.8, 4) is 11.5 Å². The smallest absolute Gasteiger partial charge is 0.238 e. The molecule has 3 aromatic rings. The molecule has 1 saturated heterocycles. The Morgan fingerprint density at radius 1 is 0.933 bits per heavy atom. The standard InChI is InChI=1S/C25H26N2O3/c28-25(26-21-10-8-18-5-1-2-6-19(18)15-21)17-27-12-3-7-22(27)20-9-11-23-24(16-20)30-14-4-13-29-23/h1-2,5-6,8-11,15-16,22H,3-4,7,12-14,17H2,(H,26,28)/t22-/m0/s1. The number of anilines is 1. The number of hydrogen-bond donors (Lipinski definition) is 1. The summed E-state index contributed by atoms with van der Waals surface area (Å²) in [6, 6.07) is 20.6. The second-order valence-electron chi connectivity index (χ2n) is 8.00. The highest BCUT2D eigenvalue weighted by molar-refractivity contribution is 5.95. The van der Waals surface area contributed by atoms with Gasteiger partial charge in [0.05, 0.1) is 19.8 Å². The van der Waals surface area contributed by atoms with Crippen LogP contribution in [0.3, 0.4) is 0 Å². The molecule has 154 valence electrons. The van der Waals surface area contributed by atoms with Crippen LogP contribution in [-0.4, -0.2) is 37.1 Å². The Morgan fingerprint density at radius 2 is 1.77 bits per heavy atom. The fourth-order valence-corrected chi connectivity index (χ4v) is 4.43. The van der Waals surface area contributed by atoms with Crippen LogP contribution < -0.4 is 14.8 Å². The third-order valence-corrected chi connectivity index (χ3v) is 5.90. The number of hydrogen-bond acceptors (Lipinski definition) is 4. The van der Waals surface area contributed by atoms with E-state index in [-0.39, 0.29) is 11.9 Å². The van der Waals surface area contributed by atoms with Crippen molar-refractivity contribution in [2.45, 2.75) is 25.3 Å². The number of fused-ring (bicyclic) bond motifs is 2. The summed E-state index contributed by atoms with van der Waals surface area (Å²) in [7, 11) is 0. The summed E-state index contributed by atoms with van der Waals surface area (Å²) in [5.41, 5.74) is 2.03. The lowest BCUT2D eigenvalue weighted by molar-refractivity contribution is -0.117. The summed E-state index contributed by atoms with van der Waals surface area (Å²) >= 11 is 0. The molecule has 0 bridgehead atoms. The Hall–Kier alpha value is -3.05. The van der Waals surface area contributed by atoms with Crippen molar-refractivity contribution in [3.63, 3.8) is 0 Å². The van der Waals surface area contributed by atoms with Gasteiger partial charge in [-0.05, 0) is 60.0 Å². The van der Waals surface area contributed by atoms with Gasteiger partial charge in [-0.1, -0.05) is 36.4 Å². The molecule has 0 spiro atoms. The van der Waals surface area contributed by atoms with Crippen LogP contribution >= 0.6 is 0 Å². The zero-order valence-electron chi connectivity index (χ0n) is 17.0. The van der Waals surface area contributed by atoms with Crippen molar-refractivity contribution in [2.24, 2.45) is 0 Å². The molecule has 1 atom stereocenters. The van der Waals surface area contributed by atoms with E-state index in [4.69, 9.17) is 9.47 Å². The zero-order valence-corrected chi connectivity index (χ0v) is 17.0. The summed E-state index contributed by atoms with van der Waals surface area (Å²) in [6.45, 7) is 2.67. The Kier molecular flexibility index (Phi) is 5.28. The largest absolute Gasteiger partial charge is 0.490 e. The Bertz CT molecular complexity index is 1070. The first-order valence-electron chi connectivity index (χ1n) is 10.7. The summed E-state index contributed by atoms with van der Waals surface area (Å²) in [5, 5.41) is 5.36. The van der Waals surface area contributed by atoms with Crippen LogP contribution in [0.2, 0.25) is 0 Å². The topological polar surface area (TPSA) is 50.8 Å². The minimum Gasteiger partial charge on any atom is -0.490 e. The van der Waals surface area contributed by atoms with E-state index in [1.165, 1.54) is 10.9 Å². The molecule has 2 heterocycles. The normalized spacial score (nSPS) is 18.9. The van der Waals surface area contributed by atoms with E-state index in [1.807, 2.05) is 36.4 Å². The van der Waals surface area contributed by atoms with Gasteiger partial charge in [0.1, 0.15) is 0 Å². The van der Waals surface area contributed by atoms with Crippen LogP contribution in [0.25, 0.3) is 10.8 Å². The number of nitrogens with one attached hydrogen (secondary N) is 1. The van der Waals surface area contributed by atoms with Crippen molar-refractivity contribution >= 4 is 22.4 Å². The molecule has 2 aliphatic rings. The van der Waals surface area contributed by atoms with Crippen LogP contribution in [0.4, 0.5) is 5.69 Å². The molecule has 5 rings (SSSR count). The van der Waals surface area contributed by atoms with E-state index < -0.39 is 0 Å². The lowest BCUT2D eigenvalue weighted by Gasteiger charge is -2.25. The van der Waals surface area contributed by atoms with E-state index in [0.717, 1.165) is 48.4 Å². The molecule has 0 unspecified atom stereocenters. The van der Waals surface area contributed by atoms with Crippen LogP contribution in [-0.2, 0) is 4.79 Å². The molecule has 0 radical (unpaired) electrons. The van der Waals surface area contributed by atoms with Crippen molar-refractivity contribution in [1.82, 2.24) is 4.90 Å². The molecule has 30 heavy (non-hydrogen) atoms. The molecule has 0 aliphatic carbocycles. The van der Waals surface area contributed by atoms with Gasteiger partial charge in [0.25, 0.3) is 0 Å². The summed E-state index contributed by atoms with van der Waals surface area (Å²) in [4.78, 5) is 15.0. The molecule has 5 nitrogen and oxygen atoms in total. The first kappa shape index (κ1) is 18.9. The molecule has 1 N–H and O–H groups in total. The third kappa shape index (κ3) is 3.98. The van der Waals surface area contributed by atoms with Crippen LogP contribution in [0, 0.1) is 0 Å². The van der Waals surface area contributed by atoms with Gasteiger partial charge in [0.2, 0.25) is 5.91 Å². The van der Waals surface area contributed by atoms with Gasteiger partial charge in [-0.15, -0.1) is 0 Å². The highest BCUT2D eigenvalue weighted by Gasteiger charge is 2.28. The quantitative estimate of drug-likeness (QED) is 0.683. The fraction of sp³-hybridized carbons (Fsp3) is 0.320. The van der Waals surface area contributed by atoms with E-state index >= 15 is 0 Å². The van der Waals surface area contributed by atoms with Gasteiger partial charge in [-0.3, -0.25) is 9.69 Å². The maximum absolute atomic E-state index is 12.8. The van der Waals surface area contributed by atoms with Gasteiger partial charge in [-0.2, -0.15) is 0 Å². The second kappa shape index (κ2) is 8.36. The highest BCUT2D eigenvalue weighted by Crippen LogP contribution is 2.37. The number of rotatable bonds is 4. The first-order valence-corrected chi connectivity index (χ1v) is 10.7. The first-order chi connectivity index (χ1) is 14.8. The molecule has 1 fully saturated rings. The molecule has 0 aromatic heterocycles. The van der Waals surface area contributed by atoms with Crippen LogP contribution in [0.5, 0.6) is 11.5 Å². The zero-order chi connectivity index (χ0) is 20.3. The van der Waals surface area contributed by atoms with Gasteiger partial charge >= 0.3 is 0 Å². The van der Waals surface area contributed by atoms with E-state index in [9.17, 15) is 4.79 Å². The molecule has 5 heteroatoms. The van der Waals surface area contributed by atoms with Gasteiger partial charge in [0.15, 0.2) is 11.5 Å². The maximum Gasteiger partial charge on any atom is 0.238 e. The van der Waals surface area contributed by atoms with Gasteiger partial charge in [0, 0.05) is 18.2 Å². The van der Waals surface area contributed by atoms with Crippen molar-refractivity contribution < 1.29 is 14.3 Å². The Morgan fingerprint density at radius 3 is 2.67 bits per heavy atom. The average Bonchev–Trinajstić information content (AvgIpc) is 3.08. The Labute approximate surface area is 176 Å². The third-order valence-electron chi connectivity index (χ3n) is 5.90. The minimum atomic E-state index is 0.0199. The fourth-order valence-electron chi connectivity index (χ4n) is 4.43.